The van der Waals surface area contributed by atoms with Crippen LogP contribution >= 0.6 is 11.8 Å². The Labute approximate surface area is 159 Å². The van der Waals surface area contributed by atoms with Crippen LogP contribution in [0.25, 0.3) is 10.9 Å². The molecule has 26 heavy (non-hydrogen) atoms. The fraction of sp³-hybridized carbons (Fsp3) is 0.571. The van der Waals surface area contributed by atoms with Crippen LogP contribution in [0.5, 0.6) is 0 Å². The van der Waals surface area contributed by atoms with Gasteiger partial charge in [-0.15, -0.1) is 0 Å². The molecule has 4 rings (SSSR count). The third-order valence-corrected chi connectivity index (χ3v) is 8.02. The topological polar surface area (TPSA) is 60.0 Å². The van der Waals surface area contributed by atoms with Crippen LogP contribution in [0, 0.1) is 5.92 Å². The van der Waals surface area contributed by atoms with Crippen LogP contribution in [0.4, 0.5) is 0 Å². The van der Waals surface area contributed by atoms with Crippen LogP contribution in [0.2, 0.25) is 0 Å². The van der Waals surface area contributed by atoms with Gasteiger partial charge in [-0.05, 0) is 51.3 Å². The monoisotopic (exact) mass is 371 g/mol. The second kappa shape index (κ2) is 6.93. The van der Waals surface area contributed by atoms with Crippen molar-refractivity contribution in [3.05, 3.63) is 29.8 Å². The summed E-state index contributed by atoms with van der Waals surface area (Å²) in [6.45, 7) is 6.88. The van der Waals surface area contributed by atoms with Crippen LogP contribution in [-0.2, 0) is 0 Å². The number of rotatable bonds is 5. The summed E-state index contributed by atoms with van der Waals surface area (Å²) in [6, 6.07) is 8.69. The molecule has 1 saturated heterocycles. The summed E-state index contributed by atoms with van der Waals surface area (Å²) in [5.41, 5.74) is 7.73. The molecule has 140 valence electrons. The molecule has 5 heteroatoms. The molecule has 0 aliphatic carbocycles. The number of fused-ring (bicyclic) bond motifs is 3. The Bertz CT molecular complexity index is 824. The molecule has 2 aliphatic rings. The van der Waals surface area contributed by atoms with E-state index >= 15 is 0 Å². The number of nitrogens with two attached hydrogens (primary N) is 1. The van der Waals surface area contributed by atoms with Gasteiger partial charge in [0.25, 0.3) is 5.91 Å². The van der Waals surface area contributed by atoms with Crippen LogP contribution in [0.15, 0.2) is 29.3 Å². The van der Waals surface area contributed by atoms with Crippen molar-refractivity contribution in [2.75, 3.05) is 13.1 Å². The van der Waals surface area contributed by atoms with E-state index in [4.69, 9.17) is 5.73 Å². The molecule has 1 aromatic heterocycles. The highest BCUT2D eigenvalue weighted by Crippen LogP contribution is 2.59. The van der Waals surface area contributed by atoms with Crippen LogP contribution in [-0.4, -0.2) is 28.3 Å². The number of para-hydroxylation sites is 1. The van der Waals surface area contributed by atoms with E-state index < -0.39 is 0 Å². The standard InChI is InChI=1S/C21H29N3OS/c1-3-4-9-17-21(2,14-10-12-23-13-11-14)26-20-18(19(22)25)15-7-5-6-8-16(15)24(17)20/h5-8,14,17,23H,3-4,9-13H2,1-2H3,(H2,22,25). The molecular weight excluding hydrogens is 342 g/mol. The number of carbonyl (C=O) groups excluding carboxylic acids is 1. The third kappa shape index (κ3) is 2.67. The highest BCUT2D eigenvalue weighted by molar-refractivity contribution is 8.01. The molecule has 1 aromatic carbocycles. The van der Waals surface area contributed by atoms with E-state index in [2.05, 4.69) is 35.9 Å². The van der Waals surface area contributed by atoms with E-state index in [0.29, 0.717) is 12.0 Å². The summed E-state index contributed by atoms with van der Waals surface area (Å²) >= 11 is 1.92. The maximum atomic E-state index is 12.3. The molecule has 2 aliphatic heterocycles. The lowest BCUT2D eigenvalue weighted by Gasteiger charge is -2.41. The minimum absolute atomic E-state index is 0.126. The van der Waals surface area contributed by atoms with Gasteiger partial charge in [-0.25, -0.2) is 0 Å². The lowest BCUT2D eigenvalue weighted by Crippen LogP contribution is -2.42. The van der Waals surface area contributed by atoms with Gasteiger partial charge >= 0.3 is 0 Å². The molecule has 0 saturated carbocycles. The number of benzene rings is 1. The Morgan fingerprint density at radius 3 is 2.77 bits per heavy atom. The highest BCUT2D eigenvalue weighted by atomic mass is 32.2. The second-order valence-electron chi connectivity index (χ2n) is 7.90. The van der Waals surface area contributed by atoms with Gasteiger partial charge in [0.05, 0.1) is 16.1 Å². The van der Waals surface area contributed by atoms with E-state index in [1.807, 2.05) is 23.9 Å². The van der Waals surface area contributed by atoms with Crippen LogP contribution in [0.1, 0.15) is 62.4 Å². The van der Waals surface area contributed by atoms with Crippen LogP contribution in [0.3, 0.4) is 0 Å². The molecule has 0 radical (unpaired) electrons. The Morgan fingerprint density at radius 2 is 2.08 bits per heavy atom. The first kappa shape index (κ1) is 17.9. The molecule has 2 unspecified atom stereocenters. The maximum Gasteiger partial charge on any atom is 0.252 e. The minimum Gasteiger partial charge on any atom is -0.365 e. The molecular formula is C21H29N3OS. The Morgan fingerprint density at radius 1 is 1.35 bits per heavy atom. The van der Waals surface area contributed by atoms with Gasteiger partial charge in [-0.2, -0.15) is 0 Å². The average molecular weight is 372 g/mol. The number of carbonyl (C=O) groups is 1. The summed E-state index contributed by atoms with van der Waals surface area (Å²) in [6.07, 6.45) is 5.99. The molecule has 4 nitrogen and oxygen atoms in total. The van der Waals surface area contributed by atoms with E-state index in [1.54, 1.807) is 0 Å². The van der Waals surface area contributed by atoms with Crippen molar-refractivity contribution >= 4 is 28.6 Å². The fourth-order valence-electron chi connectivity index (χ4n) is 4.98. The first-order chi connectivity index (χ1) is 12.6. The smallest absolute Gasteiger partial charge is 0.252 e. The predicted molar refractivity (Wildman–Crippen MR) is 109 cm³/mol. The normalized spacial score (nSPS) is 26.3. The van der Waals surface area contributed by atoms with E-state index in [9.17, 15) is 4.79 Å². The van der Waals surface area contributed by atoms with Gasteiger partial charge in [0.15, 0.2) is 0 Å². The molecule has 1 fully saturated rings. The lowest BCUT2D eigenvalue weighted by atomic mass is 9.79. The van der Waals surface area contributed by atoms with Gasteiger partial charge in [-0.1, -0.05) is 49.7 Å². The van der Waals surface area contributed by atoms with Gasteiger partial charge in [0.2, 0.25) is 0 Å². The van der Waals surface area contributed by atoms with Crippen LogP contribution < -0.4 is 11.1 Å². The Balaban J connectivity index is 1.87. The maximum absolute atomic E-state index is 12.3. The van der Waals surface area contributed by atoms with E-state index in [1.165, 1.54) is 31.2 Å². The zero-order valence-electron chi connectivity index (χ0n) is 15.8. The molecule has 0 bridgehead atoms. The van der Waals surface area contributed by atoms with Crippen molar-refractivity contribution in [3.63, 3.8) is 0 Å². The van der Waals surface area contributed by atoms with Gasteiger partial charge in [0, 0.05) is 16.2 Å². The molecule has 0 spiro atoms. The van der Waals surface area contributed by atoms with E-state index in [-0.39, 0.29) is 10.7 Å². The number of piperidine rings is 1. The first-order valence-corrected chi connectivity index (χ1v) is 10.7. The van der Waals surface area contributed by atoms with E-state index in [0.717, 1.165) is 35.5 Å². The van der Waals surface area contributed by atoms with Gasteiger partial charge < -0.3 is 15.6 Å². The molecule has 3 heterocycles. The number of aromatic nitrogens is 1. The largest absolute Gasteiger partial charge is 0.365 e. The number of hydrogen-bond acceptors (Lipinski definition) is 3. The number of hydrogen-bond donors (Lipinski definition) is 2. The van der Waals surface area contributed by atoms with Crippen molar-refractivity contribution < 1.29 is 4.79 Å². The number of unbranched alkanes of at least 4 members (excludes halogenated alkanes) is 1. The molecule has 1 amide bonds. The van der Waals surface area contributed by atoms with Gasteiger partial charge in [0.1, 0.15) is 0 Å². The number of nitrogens with one attached hydrogen (secondary N) is 1. The number of thioether (sulfide) groups is 1. The quantitative estimate of drug-likeness (QED) is 0.822. The minimum atomic E-state index is -0.300. The zero-order chi connectivity index (χ0) is 18.3. The molecule has 2 aromatic rings. The average Bonchev–Trinajstić information content (AvgIpc) is 3.11. The van der Waals surface area contributed by atoms with Crippen molar-refractivity contribution in [2.24, 2.45) is 11.7 Å². The SMILES string of the molecule is CCCCC1n2c(c(C(N)=O)c3ccccc32)SC1(C)C1CCNCC1. The predicted octanol–water partition coefficient (Wildman–Crippen LogP) is 4.34. The lowest BCUT2D eigenvalue weighted by molar-refractivity contribution is 0.0998. The van der Waals surface area contributed by atoms with Crippen molar-refractivity contribution in [2.45, 2.75) is 61.8 Å². The zero-order valence-corrected chi connectivity index (χ0v) is 16.6. The summed E-state index contributed by atoms with van der Waals surface area (Å²) in [4.78, 5) is 12.3. The highest BCUT2D eigenvalue weighted by Gasteiger charge is 2.50. The number of nitrogens with zero attached hydrogens (tertiary/aromatic N) is 1. The fourth-order valence-corrected chi connectivity index (χ4v) is 6.80. The molecule has 2 atom stereocenters. The Kier molecular flexibility index (Phi) is 4.78. The van der Waals surface area contributed by atoms with Crippen molar-refractivity contribution in [1.29, 1.82) is 0 Å². The summed E-state index contributed by atoms with van der Waals surface area (Å²) in [5, 5.41) is 5.61. The second-order valence-corrected chi connectivity index (χ2v) is 9.37. The third-order valence-electron chi connectivity index (χ3n) is 6.38. The summed E-state index contributed by atoms with van der Waals surface area (Å²) in [7, 11) is 0. The first-order valence-electron chi connectivity index (χ1n) is 9.90. The number of amides is 1. The van der Waals surface area contributed by atoms with Gasteiger partial charge in [-0.3, -0.25) is 4.79 Å². The Hall–Kier alpha value is -1.46. The van der Waals surface area contributed by atoms with Crippen molar-refractivity contribution in [1.82, 2.24) is 9.88 Å². The summed E-state index contributed by atoms with van der Waals surface area (Å²) in [5.74, 6) is 0.362. The van der Waals surface area contributed by atoms with Crippen molar-refractivity contribution in [3.8, 4) is 0 Å². The molecule has 3 N–H and O–H groups in total. The number of primary amides is 1. The summed E-state index contributed by atoms with van der Waals surface area (Å²) < 4.78 is 2.58.